The molecule has 0 spiro atoms. The number of ether oxygens (including phenoxy) is 3. The maximum atomic E-state index is 12.8. The van der Waals surface area contributed by atoms with Crippen LogP contribution in [-0.4, -0.2) is 37.2 Å². The zero-order valence-electron chi connectivity index (χ0n) is 48.1. The van der Waals surface area contributed by atoms with Crippen LogP contribution in [0.5, 0.6) is 0 Å². The second kappa shape index (κ2) is 61.4. The van der Waals surface area contributed by atoms with Crippen LogP contribution in [0.4, 0.5) is 0 Å². The summed E-state index contributed by atoms with van der Waals surface area (Å²) in [6, 6.07) is 0. The Hall–Kier alpha value is -4.19. The summed E-state index contributed by atoms with van der Waals surface area (Å²) in [6.45, 7) is 6.46. The van der Waals surface area contributed by atoms with E-state index in [1.54, 1.807) is 0 Å². The molecule has 1 unspecified atom stereocenters. The first kappa shape index (κ1) is 69.8. The van der Waals surface area contributed by atoms with Crippen molar-refractivity contribution in [1.29, 1.82) is 0 Å². The lowest BCUT2D eigenvalue weighted by atomic mass is 10.1. The van der Waals surface area contributed by atoms with Crippen LogP contribution in [0.25, 0.3) is 0 Å². The predicted molar refractivity (Wildman–Crippen MR) is 320 cm³/mol. The molecular weight excluding hydrogens is 913 g/mol. The molecule has 0 aromatic rings. The highest BCUT2D eigenvalue weighted by Crippen LogP contribution is 2.14. The van der Waals surface area contributed by atoms with E-state index in [9.17, 15) is 14.4 Å². The van der Waals surface area contributed by atoms with Crippen molar-refractivity contribution in [2.24, 2.45) is 0 Å². The molecule has 0 aromatic carbocycles. The van der Waals surface area contributed by atoms with Gasteiger partial charge in [0.25, 0.3) is 0 Å². The van der Waals surface area contributed by atoms with Crippen LogP contribution in [0.3, 0.4) is 0 Å². The van der Waals surface area contributed by atoms with Crippen molar-refractivity contribution in [2.45, 2.75) is 277 Å². The van der Waals surface area contributed by atoms with E-state index in [0.29, 0.717) is 19.3 Å². The molecule has 0 radical (unpaired) electrons. The highest BCUT2D eigenvalue weighted by molar-refractivity contribution is 5.71. The van der Waals surface area contributed by atoms with Crippen LogP contribution >= 0.6 is 0 Å². The molecule has 74 heavy (non-hydrogen) atoms. The zero-order valence-corrected chi connectivity index (χ0v) is 48.1. The molecule has 0 bridgehead atoms. The Balaban J connectivity index is 4.16. The van der Waals surface area contributed by atoms with Crippen molar-refractivity contribution in [3.8, 4) is 0 Å². The SMILES string of the molecule is CC/C=C\C/C=C\C/C=C\C/C=C\C/C=C\C/C=C\C/C=C\C/C=C\C/C=C\CCCCCCCCCC(=O)OCC(COC(=O)CCCCCCCCCCC)OC(=O)CCCCCCC/C=C\CCCCC. The fourth-order valence-electron chi connectivity index (χ4n) is 8.13. The molecule has 0 amide bonds. The molecule has 0 saturated carbocycles. The van der Waals surface area contributed by atoms with Gasteiger partial charge in [0.2, 0.25) is 0 Å². The summed E-state index contributed by atoms with van der Waals surface area (Å²) < 4.78 is 16.8. The van der Waals surface area contributed by atoms with Gasteiger partial charge in [0.15, 0.2) is 6.10 Å². The zero-order chi connectivity index (χ0) is 53.6. The van der Waals surface area contributed by atoms with Crippen molar-refractivity contribution in [3.63, 3.8) is 0 Å². The first-order valence-electron chi connectivity index (χ1n) is 30.5. The van der Waals surface area contributed by atoms with E-state index in [-0.39, 0.29) is 31.1 Å². The summed E-state index contributed by atoms with van der Waals surface area (Å²) in [4.78, 5) is 38.0. The van der Waals surface area contributed by atoms with Crippen LogP contribution in [-0.2, 0) is 28.6 Å². The van der Waals surface area contributed by atoms with Crippen LogP contribution in [0.2, 0.25) is 0 Å². The molecule has 6 heteroatoms. The van der Waals surface area contributed by atoms with E-state index in [0.717, 1.165) is 135 Å². The van der Waals surface area contributed by atoms with Crippen molar-refractivity contribution in [2.75, 3.05) is 13.2 Å². The minimum absolute atomic E-state index is 0.0841. The number of carbonyl (C=O) groups excluding carboxylic acids is 3. The molecule has 420 valence electrons. The topological polar surface area (TPSA) is 78.9 Å². The molecular formula is C68H112O6. The number of esters is 3. The van der Waals surface area contributed by atoms with Gasteiger partial charge in [-0.1, -0.05) is 258 Å². The van der Waals surface area contributed by atoms with Crippen molar-refractivity contribution in [1.82, 2.24) is 0 Å². The van der Waals surface area contributed by atoms with E-state index in [4.69, 9.17) is 14.2 Å². The number of carbonyl (C=O) groups is 3. The molecule has 0 aliphatic carbocycles. The fourth-order valence-corrected chi connectivity index (χ4v) is 8.13. The van der Waals surface area contributed by atoms with Gasteiger partial charge in [0.1, 0.15) is 13.2 Å². The second-order valence-corrected chi connectivity index (χ2v) is 19.9. The second-order valence-electron chi connectivity index (χ2n) is 19.9. The van der Waals surface area contributed by atoms with Crippen LogP contribution in [0, 0.1) is 0 Å². The Bertz CT molecular complexity index is 1550. The summed E-state index contributed by atoms with van der Waals surface area (Å²) in [7, 11) is 0. The average molecular weight is 1030 g/mol. The molecule has 0 fully saturated rings. The van der Waals surface area contributed by atoms with Gasteiger partial charge in [0, 0.05) is 19.3 Å². The van der Waals surface area contributed by atoms with E-state index < -0.39 is 6.10 Å². The number of rotatable bonds is 54. The molecule has 1 atom stereocenters. The molecule has 0 rings (SSSR count). The summed E-state index contributed by atoms with van der Waals surface area (Å²) in [5, 5.41) is 0. The van der Waals surface area contributed by atoms with Gasteiger partial charge < -0.3 is 14.2 Å². The highest BCUT2D eigenvalue weighted by atomic mass is 16.6. The van der Waals surface area contributed by atoms with Crippen molar-refractivity contribution in [3.05, 3.63) is 122 Å². The summed E-state index contributed by atoms with van der Waals surface area (Å²) in [6.07, 6.45) is 85.0. The largest absolute Gasteiger partial charge is 0.462 e. The number of hydrogen-bond donors (Lipinski definition) is 0. The van der Waals surface area contributed by atoms with Gasteiger partial charge in [-0.3, -0.25) is 14.4 Å². The third-order valence-corrected chi connectivity index (χ3v) is 12.7. The first-order chi connectivity index (χ1) is 36.5. The van der Waals surface area contributed by atoms with Crippen molar-refractivity contribution >= 4 is 17.9 Å². The number of hydrogen-bond acceptors (Lipinski definition) is 6. The molecule has 0 aromatic heterocycles. The smallest absolute Gasteiger partial charge is 0.306 e. The first-order valence-corrected chi connectivity index (χ1v) is 30.5. The third-order valence-electron chi connectivity index (χ3n) is 12.7. The summed E-state index contributed by atoms with van der Waals surface area (Å²) in [5.41, 5.74) is 0. The Kier molecular flexibility index (Phi) is 57.9. The Morgan fingerprint density at radius 1 is 0.284 bits per heavy atom. The lowest BCUT2D eigenvalue weighted by Crippen LogP contribution is -2.30. The highest BCUT2D eigenvalue weighted by Gasteiger charge is 2.19. The molecule has 0 N–H and O–H groups in total. The van der Waals surface area contributed by atoms with Crippen LogP contribution in [0.15, 0.2) is 122 Å². The van der Waals surface area contributed by atoms with Gasteiger partial charge in [-0.2, -0.15) is 0 Å². The lowest BCUT2D eigenvalue weighted by Gasteiger charge is -2.18. The molecule has 0 saturated heterocycles. The summed E-state index contributed by atoms with van der Waals surface area (Å²) in [5.74, 6) is -0.908. The van der Waals surface area contributed by atoms with Gasteiger partial charge in [0.05, 0.1) is 0 Å². The van der Waals surface area contributed by atoms with E-state index >= 15 is 0 Å². The normalized spacial score (nSPS) is 13.0. The number of unbranched alkanes of at least 4 members (excludes halogenated alkanes) is 23. The minimum Gasteiger partial charge on any atom is -0.462 e. The Morgan fingerprint density at radius 3 is 0.865 bits per heavy atom. The molecule has 0 aliphatic heterocycles. The van der Waals surface area contributed by atoms with Crippen LogP contribution in [0.1, 0.15) is 271 Å². The molecule has 0 aliphatic rings. The van der Waals surface area contributed by atoms with Gasteiger partial charge >= 0.3 is 17.9 Å². The van der Waals surface area contributed by atoms with E-state index in [1.807, 2.05) is 0 Å². The van der Waals surface area contributed by atoms with Gasteiger partial charge in [-0.05, 0) is 116 Å². The third kappa shape index (κ3) is 58.7. The molecule has 0 heterocycles. The standard InChI is InChI=1S/C68H112O6/c1-4-7-10-13-16-19-21-23-24-25-26-27-28-29-30-31-32-33-34-35-36-37-38-39-40-41-42-43-44-45-47-49-52-55-58-61-67(70)73-64-65(63-72-66(69)60-57-54-51-48-18-15-12-9-6-3)74-68(71)62-59-56-53-50-46-22-20-17-14-11-8-5-2/h7,10,16-17,19-20,23-24,26-27,29-30,32-33,35-36,38-39,41-42,65H,4-6,8-9,11-15,18,21-22,25,28,31,34,37,40,43-64H2,1-3H3/b10-7-,19-16-,20-17-,24-23-,27-26-,30-29-,33-32-,36-35-,39-38-,42-41-. The van der Waals surface area contributed by atoms with Gasteiger partial charge in [-0.25, -0.2) is 0 Å². The van der Waals surface area contributed by atoms with E-state index in [2.05, 4.69) is 142 Å². The van der Waals surface area contributed by atoms with Crippen LogP contribution < -0.4 is 0 Å². The Labute approximate surface area is 456 Å². The quantitative estimate of drug-likeness (QED) is 0.0261. The van der Waals surface area contributed by atoms with E-state index in [1.165, 1.54) is 96.3 Å². The van der Waals surface area contributed by atoms with Crippen molar-refractivity contribution < 1.29 is 28.6 Å². The summed E-state index contributed by atoms with van der Waals surface area (Å²) >= 11 is 0. The average Bonchev–Trinajstić information content (AvgIpc) is 3.40. The maximum Gasteiger partial charge on any atom is 0.306 e. The monoisotopic (exact) mass is 1020 g/mol. The minimum atomic E-state index is -0.785. The Morgan fingerprint density at radius 2 is 0.527 bits per heavy atom. The van der Waals surface area contributed by atoms with Gasteiger partial charge in [-0.15, -0.1) is 0 Å². The maximum absolute atomic E-state index is 12.8. The lowest BCUT2D eigenvalue weighted by molar-refractivity contribution is -0.167. The molecule has 6 nitrogen and oxygen atoms in total. The predicted octanol–water partition coefficient (Wildman–Crippen LogP) is 20.8. The fraction of sp³-hybridized carbons (Fsp3) is 0.662. The number of allylic oxidation sites excluding steroid dienone is 20.